The number of benzene rings is 1. The van der Waals surface area contributed by atoms with Gasteiger partial charge in [0.1, 0.15) is 10.7 Å². The fraction of sp³-hybridized carbons (Fsp3) is 0.125. The van der Waals surface area contributed by atoms with E-state index in [9.17, 15) is 12.8 Å². The van der Waals surface area contributed by atoms with Crippen molar-refractivity contribution >= 4 is 32.7 Å². The van der Waals surface area contributed by atoms with Gasteiger partial charge in [-0.2, -0.15) is 4.31 Å². The zero-order chi connectivity index (χ0) is 16.3. The number of nitrogens with zero attached hydrogens (tertiary/aromatic N) is 1. The van der Waals surface area contributed by atoms with Gasteiger partial charge in [-0.25, -0.2) is 12.8 Å². The van der Waals surface area contributed by atoms with Crippen LogP contribution >= 0.6 is 22.7 Å². The van der Waals surface area contributed by atoms with Crippen LogP contribution in [0.2, 0.25) is 0 Å². The third kappa shape index (κ3) is 3.69. The second kappa shape index (κ2) is 6.92. The van der Waals surface area contributed by atoms with Gasteiger partial charge in [0, 0.05) is 22.8 Å². The van der Waals surface area contributed by atoms with E-state index in [2.05, 4.69) is 0 Å². The largest absolute Gasteiger partial charge is 0.246 e. The van der Waals surface area contributed by atoms with E-state index in [1.807, 2.05) is 35.0 Å². The molecule has 0 radical (unpaired) electrons. The zero-order valence-corrected chi connectivity index (χ0v) is 14.5. The molecule has 0 unspecified atom stereocenters. The topological polar surface area (TPSA) is 37.4 Å². The second-order valence-electron chi connectivity index (χ2n) is 4.86. The van der Waals surface area contributed by atoms with Crippen LogP contribution in [-0.4, -0.2) is 12.7 Å². The minimum atomic E-state index is -3.91. The van der Waals surface area contributed by atoms with Gasteiger partial charge in [0.05, 0.1) is 0 Å². The summed E-state index contributed by atoms with van der Waals surface area (Å²) in [6.45, 7) is 0.457. The van der Waals surface area contributed by atoms with E-state index in [-0.39, 0.29) is 18.0 Å². The second-order valence-corrected chi connectivity index (χ2v) is 8.83. The number of hydrogen-bond donors (Lipinski definition) is 0. The van der Waals surface area contributed by atoms with Gasteiger partial charge in [0.2, 0.25) is 10.0 Å². The number of sulfonamides is 1. The molecule has 0 fully saturated rings. The highest BCUT2D eigenvalue weighted by Gasteiger charge is 2.28. The van der Waals surface area contributed by atoms with E-state index in [4.69, 9.17) is 0 Å². The lowest BCUT2D eigenvalue weighted by Gasteiger charge is -2.21. The molecule has 0 N–H and O–H groups in total. The quantitative estimate of drug-likeness (QED) is 0.650. The summed E-state index contributed by atoms with van der Waals surface area (Å²) < 4.78 is 41.1. The molecule has 2 aromatic heterocycles. The molecule has 3 nitrogen and oxygen atoms in total. The van der Waals surface area contributed by atoms with Gasteiger partial charge in [-0.15, -0.1) is 22.7 Å². The Morgan fingerprint density at radius 2 is 1.43 bits per heavy atom. The summed E-state index contributed by atoms with van der Waals surface area (Å²) in [5, 5.41) is 3.79. The van der Waals surface area contributed by atoms with E-state index in [1.165, 1.54) is 51.2 Å². The number of halogens is 1. The summed E-state index contributed by atoms with van der Waals surface area (Å²) in [6, 6.07) is 13.0. The first kappa shape index (κ1) is 16.3. The molecular weight excluding hydrogens is 353 g/mol. The van der Waals surface area contributed by atoms with E-state index in [1.54, 1.807) is 0 Å². The molecule has 0 aliphatic heterocycles. The van der Waals surface area contributed by atoms with Gasteiger partial charge < -0.3 is 0 Å². The lowest BCUT2D eigenvalue weighted by atomic mass is 10.3. The Morgan fingerprint density at radius 1 is 0.870 bits per heavy atom. The normalized spacial score (nSPS) is 11.9. The van der Waals surface area contributed by atoms with E-state index in [0.29, 0.717) is 0 Å². The standard InChI is InChI=1S/C16H14FNO2S3/c17-15-7-1-2-8-16(15)23(19,20)18(11-13-5-3-9-21-13)12-14-6-4-10-22-14/h1-10H,11-12H2. The predicted octanol–water partition coefficient (Wildman–Crippen LogP) is 4.34. The van der Waals surface area contributed by atoms with Crippen molar-refractivity contribution in [3.05, 3.63) is 74.9 Å². The van der Waals surface area contributed by atoms with Crippen molar-refractivity contribution in [1.29, 1.82) is 0 Å². The maximum absolute atomic E-state index is 14.0. The van der Waals surface area contributed by atoms with Crippen LogP contribution in [0, 0.1) is 5.82 Å². The van der Waals surface area contributed by atoms with Crippen LogP contribution in [0.4, 0.5) is 4.39 Å². The Hall–Kier alpha value is -1.54. The van der Waals surface area contributed by atoms with Gasteiger partial charge in [-0.1, -0.05) is 24.3 Å². The molecule has 0 bridgehead atoms. The summed E-state index contributed by atoms with van der Waals surface area (Å²) >= 11 is 2.97. The molecule has 0 spiro atoms. The highest BCUT2D eigenvalue weighted by atomic mass is 32.2. The van der Waals surface area contributed by atoms with Crippen molar-refractivity contribution in [2.75, 3.05) is 0 Å². The molecule has 120 valence electrons. The maximum Gasteiger partial charge on any atom is 0.246 e. The smallest absolute Gasteiger partial charge is 0.207 e. The third-order valence-corrected chi connectivity index (χ3v) is 6.83. The van der Waals surface area contributed by atoms with Crippen LogP contribution in [-0.2, 0) is 23.1 Å². The number of thiophene rings is 2. The van der Waals surface area contributed by atoms with E-state index < -0.39 is 15.8 Å². The summed E-state index contributed by atoms with van der Waals surface area (Å²) in [5.74, 6) is -0.727. The van der Waals surface area contributed by atoms with Crippen molar-refractivity contribution in [2.24, 2.45) is 0 Å². The van der Waals surface area contributed by atoms with Crippen molar-refractivity contribution in [1.82, 2.24) is 4.31 Å². The van der Waals surface area contributed by atoms with Crippen molar-refractivity contribution in [3.63, 3.8) is 0 Å². The Balaban J connectivity index is 1.98. The lowest BCUT2D eigenvalue weighted by molar-refractivity contribution is 0.403. The molecule has 0 aliphatic rings. The summed E-state index contributed by atoms with van der Waals surface area (Å²) in [7, 11) is -3.91. The van der Waals surface area contributed by atoms with Gasteiger partial charge in [0.25, 0.3) is 0 Å². The van der Waals surface area contributed by atoms with Gasteiger partial charge >= 0.3 is 0 Å². The Labute approximate surface area is 142 Å². The van der Waals surface area contributed by atoms with Crippen LogP contribution in [0.15, 0.2) is 64.2 Å². The highest BCUT2D eigenvalue weighted by Crippen LogP contribution is 2.25. The number of hydrogen-bond acceptors (Lipinski definition) is 4. The summed E-state index contributed by atoms with van der Waals surface area (Å²) in [4.78, 5) is 1.55. The van der Waals surface area contributed by atoms with Crippen molar-refractivity contribution in [3.8, 4) is 0 Å². The van der Waals surface area contributed by atoms with Crippen molar-refractivity contribution < 1.29 is 12.8 Å². The minimum Gasteiger partial charge on any atom is -0.207 e. The van der Waals surface area contributed by atoms with Crippen LogP contribution in [0.3, 0.4) is 0 Å². The molecule has 0 aliphatic carbocycles. The first-order valence-electron chi connectivity index (χ1n) is 6.87. The van der Waals surface area contributed by atoms with E-state index in [0.717, 1.165) is 9.75 Å². The molecule has 2 heterocycles. The van der Waals surface area contributed by atoms with Crippen molar-refractivity contribution in [2.45, 2.75) is 18.0 Å². The van der Waals surface area contributed by atoms with Gasteiger partial charge in [-0.3, -0.25) is 0 Å². The maximum atomic E-state index is 14.0. The Bertz CT molecular complexity index is 822. The van der Waals surface area contributed by atoms with E-state index >= 15 is 0 Å². The average Bonchev–Trinajstić information content (AvgIpc) is 3.20. The summed E-state index contributed by atoms with van der Waals surface area (Å²) in [6.07, 6.45) is 0. The molecule has 0 saturated carbocycles. The number of rotatable bonds is 6. The third-order valence-electron chi connectivity index (χ3n) is 3.28. The lowest BCUT2D eigenvalue weighted by Crippen LogP contribution is -2.30. The molecular formula is C16H14FNO2S3. The van der Waals surface area contributed by atoms with Crippen LogP contribution in [0.25, 0.3) is 0 Å². The molecule has 7 heteroatoms. The molecule has 3 rings (SSSR count). The molecule has 0 saturated heterocycles. The minimum absolute atomic E-state index is 0.228. The Morgan fingerprint density at radius 3 is 1.91 bits per heavy atom. The molecule has 3 aromatic rings. The molecule has 0 atom stereocenters. The van der Waals surface area contributed by atoms with Crippen LogP contribution in [0.5, 0.6) is 0 Å². The van der Waals surface area contributed by atoms with Crippen LogP contribution in [0.1, 0.15) is 9.75 Å². The predicted molar refractivity (Wildman–Crippen MR) is 91.5 cm³/mol. The molecule has 23 heavy (non-hydrogen) atoms. The molecule has 1 aromatic carbocycles. The monoisotopic (exact) mass is 367 g/mol. The van der Waals surface area contributed by atoms with Crippen LogP contribution < -0.4 is 0 Å². The van der Waals surface area contributed by atoms with Gasteiger partial charge in [-0.05, 0) is 35.0 Å². The summed E-state index contributed by atoms with van der Waals surface area (Å²) in [5.41, 5.74) is 0. The zero-order valence-electron chi connectivity index (χ0n) is 12.1. The highest BCUT2D eigenvalue weighted by molar-refractivity contribution is 7.89. The van der Waals surface area contributed by atoms with Gasteiger partial charge in [0.15, 0.2) is 0 Å². The molecule has 0 amide bonds. The SMILES string of the molecule is O=S(=O)(c1ccccc1F)N(Cc1cccs1)Cc1cccs1. The Kier molecular flexibility index (Phi) is 4.91. The fourth-order valence-corrected chi connectivity index (χ4v) is 5.24. The first-order valence-corrected chi connectivity index (χ1v) is 10.1. The average molecular weight is 367 g/mol. The fourth-order valence-electron chi connectivity index (χ4n) is 2.17. The first-order chi connectivity index (χ1) is 11.1.